The Morgan fingerprint density at radius 1 is 1.13 bits per heavy atom. The smallest absolute Gasteiger partial charge is 0.220 e. The summed E-state index contributed by atoms with van der Waals surface area (Å²) in [7, 11) is 0. The van der Waals surface area contributed by atoms with Crippen molar-refractivity contribution in [1.29, 1.82) is 0 Å². The molecule has 0 radical (unpaired) electrons. The van der Waals surface area contributed by atoms with Crippen LogP contribution in [0.25, 0.3) is 0 Å². The third kappa shape index (κ3) is 6.04. The van der Waals surface area contributed by atoms with Gasteiger partial charge in [0.2, 0.25) is 5.91 Å². The van der Waals surface area contributed by atoms with Gasteiger partial charge in [-0.1, -0.05) is 42.5 Å². The largest absolute Gasteiger partial charge is 0.388 e. The van der Waals surface area contributed by atoms with Crippen LogP contribution in [0.15, 0.2) is 59.5 Å². The van der Waals surface area contributed by atoms with E-state index in [1.165, 1.54) is 17.8 Å². The van der Waals surface area contributed by atoms with Gasteiger partial charge in [-0.25, -0.2) is 4.39 Å². The Morgan fingerprint density at radius 2 is 1.83 bits per heavy atom. The van der Waals surface area contributed by atoms with E-state index < -0.39 is 6.10 Å². The lowest BCUT2D eigenvalue weighted by molar-refractivity contribution is -0.120. The minimum absolute atomic E-state index is 0.0888. The van der Waals surface area contributed by atoms with Crippen molar-refractivity contribution in [3.05, 3.63) is 66.0 Å². The fourth-order valence-electron chi connectivity index (χ4n) is 2.09. The quantitative estimate of drug-likeness (QED) is 0.727. The second kappa shape index (κ2) is 9.33. The number of benzene rings is 2. The first kappa shape index (κ1) is 17.5. The molecule has 1 unspecified atom stereocenters. The summed E-state index contributed by atoms with van der Waals surface area (Å²) in [6.45, 7) is 0.416. The Labute approximate surface area is 139 Å². The molecule has 0 saturated carbocycles. The molecule has 23 heavy (non-hydrogen) atoms. The van der Waals surface area contributed by atoms with Crippen molar-refractivity contribution in [2.45, 2.75) is 23.8 Å². The molecule has 0 spiro atoms. The van der Waals surface area contributed by atoms with Gasteiger partial charge in [0.05, 0.1) is 6.10 Å². The number of carbonyl (C=O) groups is 1. The molecule has 1 atom stereocenters. The fourth-order valence-corrected chi connectivity index (χ4v) is 2.98. The maximum atomic E-state index is 13.4. The molecule has 2 rings (SSSR count). The van der Waals surface area contributed by atoms with Gasteiger partial charge in [-0.05, 0) is 24.1 Å². The number of hydrogen-bond donors (Lipinski definition) is 2. The third-order valence-corrected chi connectivity index (χ3v) is 4.40. The number of carbonyl (C=O) groups excluding carboxylic acids is 1. The van der Waals surface area contributed by atoms with Crippen LogP contribution in [0.1, 0.15) is 24.5 Å². The first-order chi connectivity index (χ1) is 11.2. The zero-order valence-electron chi connectivity index (χ0n) is 12.7. The molecular formula is C18H20FNO2S. The maximum absolute atomic E-state index is 13.4. The number of aliphatic hydroxyl groups is 1. The van der Waals surface area contributed by atoms with E-state index >= 15 is 0 Å². The standard InChI is InChI=1S/C18H20FNO2S/c19-15-8-4-5-9-17(15)23-13-11-18(22)20-12-10-16(21)14-6-2-1-3-7-14/h1-9,16,21H,10-13H2,(H,20,22). The average Bonchev–Trinajstić information content (AvgIpc) is 2.57. The lowest BCUT2D eigenvalue weighted by atomic mass is 10.1. The predicted molar refractivity (Wildman–Crippen MR) is 90.8 cm³/mol. The summed E-state index contributed by atoms with van der Waals surface area (Å²) < 4.78 is 13.4. The molecule has 122 valence electrons. The van der Waals surface area contributed by atoms with Gasteiger partial charge in [-0.3, -0.25) is 4.79 Å². The topological polar surface area (TPSA) is 49.3 Å². The number of thioether (sulfide) groups is 1. The van der Waals surface area contributed by atoms with Gasteiger partial charge >= 0.3 is 0 Å². The Kier molecular flexibility index (Phi) is 7.10. The van der Waals surface area contributed by atoms with Gasteiger partial charge in [0.25, 0.3) is 0 Å². The summed E-state index contributed by atoms with van der Waals surface area (Å²) >= 11 is 1.33. The number of amides is 1. The van der Waals surface area contributed by atoms with E-state index in [4.69, 9.17) is 0 Å². The molecular weight excluding hydrogens is 313 g/mol. The highest BCUT2D eigenvalue weighted by Crippen LogP contribution is 2.21. The van der Waals surface area contributed by atoms with Gasteiger partial charge < -0.3 is 10.4 Å². The van der Waals surface area contributed by atoms with E-state index in [0.717, 1.165) is 5.56 Å². The number of hydrogen-bond acceptors (Lipinski definition) is 3. The van der Waals surface area contributed by atoms with Crippen molar-refractivity contribution in [1.82, 2.24) is 5.32 Å². The van der Waals surface area contributed by atoms with Gasteiger partial charge in [0.1, 0.15) is 5.82 Å². The van der Waals surface area contributed by atoms with Crippen molar-refractivity contribution in [2.75, 3.05) is 12.3 Å². The van der Waals surface area contributed by atoms with Crippen LogP contribution in [0.5, 0.6) is 0 Å². The Balaban J connectivity index is 1.63. The summed E-state index contributed by atoms with van der Waals surface area (Å²) in [6.07, 6.45) is 0.209. The molecule has 0 saturated heterocycles. The van der Waals surface area contributed by atoms with Gasteiger partial charge in [-0.2, -0.15) is 0 Å². The van der Waals surface area contributed by atoms with Crippen LogP contribution < -0.4 is 5.32 Å². The average molecular weight is 333 g/mol. The van der Waals surface area contributed by atoms with Crippen LogP contribution in [-0.2, 0) is 4.79 Å². The van der Waals surface area contributed by atoms with Crippen LogP contribution in [-0.4, -0.2) is 23.3 Å². The Morgan fingerprint density at radius 3 is 2.57 bits per heavy atom. The van der Waals surface area contributed by atoms with Crippen molar-refractivity contribution < 1.29 is 14.3 Å². The lowest BCUT2D eigenvalue weighted by Crippen LogP contribution is -2.25. The Bertz CT molecular complexity index is 621. The molecule has 5 heteroatoms. The molecule has 0 aliphatic carbocycles. The molecule has 2 N–H and O–H groups in total. The van der Waals surface area contributed by atoms with E-state index in [2.05, 4.69) is 5.32 Å². The maximum Gasteiger partial charge on any atom is 0.220 e. The van der Waals surface area contributed by atoms with E-state index in [1.807, 2.05) is 30.3 Å². The first-order valence-electron chi connectivity index (χ1n) is 7.54. The van der Waals surface area contributed by atoms with Gasteiger partial charge in [0, 0.05) is 23.6 Å². The number of nitrogens with one attached hydrogen (secondary N) is 1. The monoisotopic (exact) mass is 333 g/mol. The van der Waals surface area contributed by atoms with Crippen molar-refractivity contribution in [3.63, 3.8) is 0 Å². The minimum atomic E-state index is -0.579. The molecule has 3 nitrogen and oxygen atoms in total. The van der Waals surface area contributed by atoms with Gasteiger partial charge in [0.15, 0.2) is 0 Å². The van der Waals surface area contributed by atoms with Crippen molar-refractivity contribution >= 4 is 17.7 Å². The summed E-state index contributed by atoms with van der Waals surface area (Å²) in [5.74, 6) is 0.173. The highest BCUT2D eigenvalue weighted by atomic mass is 32.2. The highest BCUT2D eigenvalue weighted by Gasteiger charge is 2.08. The minimum Gasteiger partial charge on any atom is -0.388 e. The van der Waals surface area contributed by atoms with E-state index in [9.17, 15) is 14.3 Å². The number of aliphatic hydroxyl groups excluding tert-OH is 1. The zero-order valence-corrected chi connectivity index (χ0v) is 13.6. The predicted octanol–water partition coefficient (Wildman–Crippen LogP) is 3.55. The molecule has 0 fully saturated rings. The fraction of sp³-hybridized carbons (Fsp3) is 0.278. The molecule has 0 aliphatic heterocycles. The molecule has 0 bridgehead atoms. The van der Waals surface area contributed by atoms with Crippen LogP contribution >= 0.6 is 11.8 Å². The molecule has 2 aromatic rings. The number of halogens is 1. The molecule has 0 aromatic heterocycles. The van der Waals surface area contributed by atoms with E-state index in [-0.39, 0.29) is 11.7 Å². The van der Waals surface area contributed by atoms with Crippen LogP contribution in [0.4, 0.5) is 4.39 Å². The molecule has 2 aromatic carbocycles. The summed E-state index contributed by atoms with van der Waals surface area (Å²) in [6, 6.07) is 15.9. The highest BCUT2D eigenvalue weighted by molar-refractivity contribution is 7.99. The summed E-state index contributed by atoms with van der Waals surface area (Å²) in [4.78, 5) is 12.3. The van der Waals surface area contributed by atoms with E-state index in [0.29, 0.717) is 30.0 Å². The van der Waals surface area contributed by atoms with Crippen LogP contribution in [0.2, 0.25) is 0 Å². The lowest BCUT2D eigenvalue weighted by Gasteiger charge is -2.11. The first-order valence-corrected chi connectivity index (χ1v) is 8.52. The number of rotatable bonds is 8. The van der Waals surface area contributed by atoms with E-state index in [1.54, 1.807) is 18.2 Å². The van der Waals surface area contributed by atoms with Crippen molar-refractivity contribution in [2.24, 2.45) is 0 Å². The van der Waals surface area contributed by atoms with Crippen LogP contribution in [0, 0.1) is 5.82 Å². The summed E-state index contributed by atoms with van der Waals surface area (Å²) in [5, 5.41) is 12.8. The SMILES string of the molecule is O=C(CCSc1ccccc1F)NCCC(O)c1ccccc1. The van der Waals surface area contributed by atoms with Gasteiger partial charge in [-0.15, -0.1) is 11.8 Å². The summed E-state index contributed by atoms with van der Waals surface area (Å²) in [5.41, 5.74) is 0.844. The second-order valence-corrected chi connectivity index (χ2v) is 6.23. The normalized spacial score (nSPS) is 11.9. The molecule has 1 amide bonds. The molecule has 0 aliphatic rings. The van der Waals surface area contributed by atoms with Crippen LogP contribution in [0.3, 0.4) is 0 Å². The molecule has 0 heterocycles. The van der Waals surface area contributed by atoms with Crippen molar-refractivity contribution in [3.8, 4) is 0 Å². The Hall–Kier alpha value is -1.85. The zero-order chi connectivity index (χ0) is 16.5. The second-order valence-electron chi connectivity index (χ2n) is 5.09. The third-order valence-electron chi connectivity index (χ3n) is 3.35.